The lowest BCUT2D eigenvalue weighted by molar-refractivity contribution is 0.312. The fourth-order valence-electron chi connectivity index (χ4n) is 2.50. The van der Waals surface area contributed by atoms with Crippen LogP contribution in [0.5, 0.6) is 0 Å². The minimum absolute atomic E-state index is 1.03. The first kappa shape index (κ1) is 13.0. The lowest BCUT2D eigenvalue weighted by Gasteiger charge is -2.33. The maximum Gasteiger partial charge on any atom is 0.128 e. The molecular formula is C12H17IN4S. The van der Waals surface area contributed by atoms with Crippen LogP contribution in [0.1, 0.15) is 11.1 Å². The number of hydrogen-bond acceptors (Lipinski definition) is 5. The summed E-state index contributed by atoms with van der Waals surface area (Å²) >= 11 is 2.35. The third-order valence-electron chi connectivity index (χ3n) is 3.69. The van der Waals surface area contributed by atoms with Gasteiger partial charge in [0.25, 0.3) is 0 Å². The molecule has 0 spiro atoms. The molecule has 3 heterocycles. The van der Waals surface area contributed by atoms with Gasteiger partial charge in [0.2, 0.25) is 0 Å². The van der Waals surface area contributed by atoms with E-state index in [9.17, 15) is 0 Å². The number of likely N-dealkylation sites (N-methyl/N-ethyl adjacent to an activating group) is 1. The minimum atomic E-state index is 1.03. The van der Waals surface area contributed by atoms with Gasteiger partial charge in [0.15, 0.2) is 0 Å². The van der Waals surface area contributed by atoms with Crippen molar-refractivity contribution in [1.29, 1.82) is 0 Å². The molecule has 1 fully saturated rings. The van der Waals surface area contributed by atoms with Gasteiger partial charge >= 0.3 is 0 Å². The van der Waals surface area contributed by atoms with Crippen molar-refractivity contribution in [2.45, 2.75) is 13.1 Å². The average Bonchev–Trinajstić information content (AvgIpc) is 2.81. The van der Waals surface area contributed by atoms with Crippen molar-refractivity contribution in [2.24, 2.45) is 0 Å². The van der Waals surface area contributed by atoms with Gasteiger partial charge in [0, 0.05) is 66.7 Å². The summed E-state index contributed by atoms with van der Waals surface area (Å²) in [7, 11) is 3.97. The number of aromatic nitrogens is 1. The maximum atomic E-state index is 4.64. The largest absolute Gasteiger partial charge is 0.354 e. The Bertz CT molecular complexity index is 434. The second-order valence-corrected chi connectivity index (χ2v) is 6.80. The van der Waals surface area contributed by atoms with Gasteiger partial charge in [-0.25, -0.2) is 9.29 Å². The topological polar surface area (TPSA) is 22.6 Å². The van der Waals surface area contributed by atoms with Gasteiger partial charge in [0.05, 0.1) is 0 Å². The van der Waals surface area contributed by atoms with Crippen LogP contribution in [0.3, 0.4) is 0 Å². The van der Waals surface area contributed by atoms with E-state index in [1.54, 1.807) is 9.12 Å². The first-order chi connectivity index (χ1) is 8.76. The molecule has 0 unspecified atom stereocenters. The number of pyridine rings is 1. The zero-order valence-electron chi connectivity index (χ0n) is 10.5. The average molecular weight is 376 g/mol. The third kappa shape index (κ3) is 2.61. The molecule has 0 amide bonds. The van der Waals surface area contributed by atoms with E-state index in [1.807, 2.05) is 0 Å². The highest BCUT2D eigenvalue weighted by molar-refractivity contribution is 14.2. The van der Waals surface area contributed by atoms with Crippen LogP contribution in [-0.2, 0) is 13.1 Å². The Morgan fingerprint density at radius 3 is 2.61 bits per heavy atom. The Kier molecular flexibility index (Phi) is 3.97. The highest BCUT2D eigenvalue weighted by Crippen LogP contribution is 2.32. The first-order valence-electron chi connectivity index (χ1n) is 6.21. The van der Waals surface area contributed by atoms with Crippen molar-refractivity contribution >= 4 is 36.1 Å². The Morgan fingerprint density at radius 2 is 1.89 bits per heavy atom. The molecule has 98 valence electrons. The van der Waals surface area contributed by atoms with E-state index in [2.05, 4.69) is 59.6 Å². The van der Waals surface area contributed by atoms with Crippen molar-refractivity contribution in [3.05, 3.63) is 23.4 Å². The Labute approximate surface area is 124 Å². The quantitative estimate of drug-likeness (QED) is 0.581. The molecule has 6 heteroatoms. The molecular weight excluding hydrogens is 359 g/mol. The minimum Gasteiger partial charge on any atom is -0.354 e. The molecule has 0 bridgehead atoms. The summed E-state index contributed by atoms with van der Waals surface area (Å²) in [6, 6.07) is 2.29. The molecule has 1 aromatic heterocycles. The summed E-state index contributed by atoms with van der Waals surface area (Å²) in [4.78, 5) is 9.41. The smallest absolute Gasteiger partial charge is 0.128 e. The Balaban J connectivity index is 1.75. The number of anilines is 1. The number of halogens is 1. The zero-order chi connectivity index (χ0) is 12.5. The lowest BCUT2D eigenvalue weighted by atomic mass is 10.2. The van der Waals surface area contributed by atoms with Gasteiger partial charge in [-0.2, -0.15) is 0 Å². The molecule has 0 aliphatic carbocycles. The molecule has 18 heavy (non-hydrogen) atoms. The summed E-state index contributed by atoms with van der Waals surface area (Å²) in [5.41, 5.74) is 2.83. The van der Waals surface area contributed by atoms with E-state index >= 15 is 0 Å². The molecule has 1 saturated heterocycles. The normalized spacial score (nSPS) is 21.3. The molecule has 4 nitrogen and oxygen atoms in total. The van der Waals surface area contributed by atoms with Gasteiger partial charge in [0.1, 0.15) is 5.82 Å². The lowest BCUT2D eigenvalue weighted by Crippen LogP contribution is -2.44. The van der Waals surface area contributed by atoms with E-state index in [-0.39, 0.29) is 0 Å². The van der Waals surface area contributed by atoms with Crippen LogP contribution < -0.4 is 4.90 Å². The molecule has 1 aromatic rings. The summed E-state index contributed by atoms with van der Waals surface area (Å²) in [6.07, 6.45) is 2.07. The van der Waals surface area contributed by atoms with E-state index in [0.717, 1.165) is 45.1 Å². The Morgan fingerprint density at radius 1 is 1.17 bits per heavy atom. The predicted octanol–water partition coefficient (Wildman–Crippen LogP) is 2.15. The van der Waals surface area contributed by atoms with Gasteiger partial charge < -0.3 is 9.80 Å². The van der Waals surface area contributed by atoms with Gasteiger partial charge in [-0.15, -0.1) is 0 Å². The highest BCUT2D eigenvalue weighted by atomic mass is 127. The van der Waals surface area contributed by atoms with Gasteiger partial charge in [-0.3, -0.25) is 0 Å². The predicted molar refractivity (Wildman–Crippen MR) is 84.8 cm³/mol. The van der Waals surface area contributed by atoms with Crippen LogP contribution in [0.4, 0.5) is 5.82 Å². The van der Waals surface area contributed by atoms with Crippen LogP contribution in [-0.4, -0.2) is 47.4 Å². The number of rotatable bonds is 2. The number of hydrogen-bond donors (Lipinski definition) is 0. The summed E-state index contributed by atoms with van der Waals surface area (Å²) in [6.45, 7) is 6.52. The van der Waals surface area contributed by atoms with Crippen LogP contribution in [0.2, 0.25) is 0 Å². The fraction of sp³-hybridized carbons (Fsp3) is 0.583. The van der Waals surface area contributed by atoms with Crippen LogP contribution in [0.25, 0.3) is 0 Å². The van der Waals surface area contributed by atoms with Crippen LogP contribution >= 0.6 is 30.3 Å². The molecule has 2 aliphatic rings. The number of nitrogens with zero attached hydrogens (tertiary/aromatic N) is 4. The molecule has 0 atom stereocenters. The fourth-order valence-corrected chi connectivity index (χ4v) is 3.71. The van der Waals surface area contributed by atoms with Crippen molar-refractivity contribution < 1.29 is 0 Å². The number of piperazine rings is 1. The SMILES string of the molecule is CN1CCN(c2cc3c(cn2)CN(SI)C3)CC1. The van der Waals surface area contributed by atoms with E-state index in [1.165, 1.54) is 11.1 Å². The molecule has 0 N–H and O–H groups in total. The van der Waals surface area contributed by atoms with E-state index < -0.39 is 0 Å². The van der Waals surface area contributed by atoms with Crippen molar-refractivity contribution in [3.8, 4) is 0 Å². The van der Waals surface area contributed by atoms with Crippen molar-refractivity contribution in [2.75, 3.05) is 38.1 Å². The van der Waals surface area contributed by atoms with Crippen LogP contribution in [0.15, 0.2) is 12.3 Å². The first-order valence-corrected chi connectivity index (χ1v) is 9.53. The number of fused-ring (bicyclic) bond motifs is 1. The third-order valence-corrected chi connectivity index (χ3v) is 5.81. The van der Waals surface area contributed by atoms with Gasteiger partial charge in [-0.1, -0.05) is 0 Å². The maximum absolute atomic E-state index is 4.64. The summed E-state index contributed by atoms with van der Waals surface area (Å²) in [5, 5.41) is 0. The molecule has 3 rings (SSSR count). The molecule has 2 aliphatic heterocycles. The summed E-state index contributed by atoms with van der Waals surface area (Å²) in [5.74, 6) is 1.15. The van der Waals surface area contributed by atoms with Gasteiger partial charge in [-0.05, 0) is 33.4 Å². The Hall–Kier alpha value is -0.0500. The van der Waals surface area contributed by atoms with E-state index in [0.29, 0.717) is 0 Å². The second kappa shape index (κ2) is 5.52. The molecule has 0 aromatic carbocycles. The van der Waals surface area contributed by atoms with Crippen LogP contribution in [0, 0.1) is 0 Å². The zero-order valence-corrected chi connectivity index (χ0v) is 13.4. The van der Waals surface area contributed by atoms with Crippen molar-refractivity contribution in [1.82, 2.24) is 14.2 Å². The molecule has 0 saturated carbocycles. The molecule has 0 radical (unpaired) electrons. The monoisotopic (exact) mass is 376 g/mol. The second-order valence-electron chi connectivity index (χ2n) is 4.97. The van der Waals surface area contributed by atoms with Crippen molar-refractivity contribution in [3.63, 3.8) is 0 Å². The van der Waals surface area contributed by atoms with E-state index in [4.69, 9.17) is 0 Å². The standard InChI is InChI=1S/C12H17IN4S/c1-15-2-4-16(5-3-15)12-6-10-8-17(18-13)9-11(10)7-14-12/h6-7H,2-5,8-9H2,1H3. The summed E-state index contributed by atoms with van der Waals surface area (Å²) < 4.78 is 2.36. The highest BCUT2D eigenvalue weighted by Gasteiger charge is 2.22.